The van der Waals surface area contributed by atoms with Crippen molar-refractivity contribution in [3.63, 3.8) is 0 Å². The van der Waals surface area contributed by atoms with Gasteiger partial charge in [-0.25, -0.2) is 4.79 Å². The number of nitrogens with zero attached hydrogens (tertiary/aromatic N) is 4. The van der Waals surface area contributed by atoms with Crippen molar-refractivity contribution in [1.82, 2.24) is 19.7 Å². The molecule has 2 aliphatic heterocycles. The molecule has 0 radical (unpaired) electrons. The molecular weight excluding hydrogens is 552 g/mol. The van der Waals surface area contributed by atoms with E-state index in [9.17, 15) is 19.6 Å². The summed E-state index contributed by atoms with van der Waals surface area (Å²) in [5.41, 5.74) is 1.34. The van der Waals surface area contributed by atoms with Crippen molar-refractivity contribution in [2.45, 2.75) is 64.6 Å². The second-order valence-corrected chi connectivity index (χ2v) is 11.8. The number of aromatic nitrogens is 3. The van der Waals surface area contributed by atoms with Crippen molar-refractivity contribution in [1.29, 1.82) is 5.26 Å². The van der Waals surface area contributed by atoms with E-state index in [0.29, 0.717) is 67.2 Å². The maximum absolute atomic E-state index is 13.2. The Morgan fingerprint density at radius 3 is 2.81 bits per heavy atom. The standard InChI is InChI=1S/C31H38N6O6/c1-19(2)16-42-30(40)25-7-9-31(10-11-32,18-43-25)37-24-8-12-33-28(38)26(24)27(35-37)34-22-5-6-23(20(3)15-22)29(39)36-13-14-41-17-21(36)4/h5-6,8,12,15,19,21,25H,7,9-10,13-14,16-18H2,1-4H3,(H,33,38)(H,34,35)/t21?,25-,31-/m0/s1. The van der Waals surface area contributed by atoms with Gasteiger partial charge >= 0.3 is 5.97 Å². The van der Waals surface area contributed by atoms with Gasteiger partial charge in [-0.3, -0.25) is 14.3 Å². The van der Waals surface area contributed by atoms with Crippen molar-refractivity contribution in [2.75, 3.05) is 38.3 Å². The number of carbonyl (C=O) groups is 2. The van der Waals surface area contributed by atoms with Crippen LogP contribution in [0.2, 0.25) is 0 Å². The third kappa shape index (κ3) is 6.14. The number of benzene rings is 1. The molecule has 0 spiro atoms. The van der Waals surface area contributed by atoms with Crippen LogP contribution < -0.4 is 10.9 Å². The lowest BCUT2D eigenvalue weighted by atomic mass is 9.87. The number of morpholine rings is 1. The zero-order valence-corrected chi connectivity index (χ0v) is 25.0. The van der Waals surface area contributed by atoms with Crippen LogP contribution in [0.5, 0.6) is 0 Å². The fourth-order valence-electron chi connectivity index (χ4n) is 5.70. The lowest BCUT2D eigenvalue weighted by molar-refractivity contribution is -0.166. The smallest absolute Gasteiger partial charge is 0.335 e. The van der Waals surface area contributed by atoms with E-state index in [0.717, 1.165) is 5.56 Å². The summed E-state index contributed by atoms with van der Waals surface area (Å²) in [5.74, 6) is 0.0587. The van der Waals surface area contributed by atoms with Crippen molar-refractivity contribution < 1.29 is 23.8 Å². The number of hydrogen-bond donors (Lipinski definition) is 2. The second kappa shape index (κ2) is 12.6. The molecule has 43 heavy (non-hydrogen) atoms. The third-order valence-corrected chi connectivity index (χ3v) is 8.06. The average molecular weight is 591 g/mol. The van der Waals surface area contributed by atoms with Gasteiger partial charge in [-0.05, 0) is 62.4 Å². The lowest BCUT2D eigenvalue weighted by Crippen LogP contribution is -2.47. The maximum atomic E-state index is 13.2. The van der Waals surface area contributed by atoms with Gasteiger partial charge in [0, 0.05) is 24.0 Å². The number of nitriles is 1. The first-order valence-electron chi connectivity index (χ1n) is 14.7. The number of carbonyl (C=O) groups excluding carboxylic acids is 2. The Balaban J connectivity index is 1.43. The van der Waals surface area contributed by atoms with Crippen molar-refractivity contribution in [3.05, 3.63) is 51.9 Å². The molecule has 1 unspecified atom stereocenters. The van der Waals surface area contributed by atoms with E-state index in [1.54, 1.807) is 29.1 Å². The molecule has 1 amide bonds. The molecule has 2 aromatic heterocycles. The summed E-state index contributed by atoms with van der Waals surface area (Å²) in [4.78, 5) is 43.4. The number of aryl methyl sites for hydroxylation is 1. The van der Waals surface area contributed by atoms with Crippen LogP contribution in [0.3, 0.4) is 0 Å². The summed E-state index contributed by atoms with van der Waals surface area (Å²) >= 11 is 0. The molecule has 228 valence electrons. The SMILES string of the molecule is Cc1cc(Nc2nn([C@]3(CC#N)CC[C@@H](C(=O)OCC(C)C)OC3)c3cc[nH]c(=O)c23)ccc1C(=O)N1CCOCC1C. The van der Waals surface area contributed by atoms with Crippen LogP contribution in [0, 0.1) is 24.2 Å². The number of fused-ring (bicyclic) bond motifs is 1. The molecule has 5 rings (SSSR count). The first-order chi connectivity index (χ1) is 20.6. The lowest BCUT2D eigenvalue weighted by Gasteiger charge is -2.38. The van der Waals surface area contributed by atoms with Crippen LogP contribution in [0.1, 0.15) is 56.0 Å². The predicted molar refractivity (Wildman–Crippen MR) is 159 cm³/mol. The largest absolute Gasteiger partial charge is 0.463 e. The highest BCUT2D eigenvalue weighted by Gasteiger charge is 2.42. The highest BCUT2D eigenvalue weighted by atomic mass is 16.6. The first-order valence-corrected chi connectivity index (χ1v) is 14.7. The molecule has 2 aliphatic rings. The Hall–Kier alpha value is -4.21. The van der Waals surface area contributed by atoms with Gasteiger partial charge in [-0.1, -0.05) is 13.8 Å². The molecule has 2 N–H and O–H groups in total. The summed E-state index contributed by atoms with van der Waals surface area (Å²) in [5, 5.41) is 18.2. The van der Waals surface area contributed by atoms with E-state index in [2.05, 4.69) is 16.4 Å². The van der Waals surface area contributed by atoms with Crippen LogP contribution >= 0.6 is 0 Å². The van der Waals surface area contributed by atoms with Gasteiger partial charge in [-0.2, -0.15) is 10.4 Å². The molecule has 12 heteroatoms. The third-order valence-electron chi connectivity index (χ3n) is 8.06. The van der Waals surface area contributed by atoms with Crippen LogP contribution in [-0.4, -0.2) is 76.7 Å². The Bertz CT molecular complexity index is 1600. The van der Waals surface area contributed by atoms with Gasteiger partial charge in [0.2, 0.25) is 0 Å². The molecule has 0 saturated carbocycles. The second-order valence-electron chi connectivity index (χ2n) is 11.8. The Morgan fingerprint density at radius 2 is 2.14 bits per heavy atom. The monoisotopic (exact) mass is 590 g/mol. The van der Waals surface area contributed by atoms with Crippen LogP contribution in [-0.2, 0) is 24.5 Å². The Kier molecular flexibility index (Phi) is 8.84. The Labute approximate surface area is 249 Å². The van der Waals surface area contributed by atoms with Gasteiger partial charge in [-0.15, -0.1) is 0 Å². The zero-order valence-electron chi connectivity index (χ0n) is 25.0. The number of hydrogen-bond acceptors (Lipinski definition) is 9. The first kappa shape index (κ1) is 30.3. The minimum Gasteiger partial charge on any atom is -0.463 e. The molecule has 3 aromatic rings. The number of amides is 1. The minimum atomic E-state index is -0.892. The summed E-state index contributed by atoms with van der Waals surface area (Å²) < 4.78 is 18.5. The summed E-state index contributed by atoms with van der Waals surface area (Å²) in [6.45, 7) is 9.70. The van der Waals surface area contributed by atoms with E-state index in [1.807, 2.05) is 38.7 Å². The van der Waals surface area contributed by atoms with E-state index >= 15 is 0 Å². The van der Waals surface area contributed by atoms with E-state index in [1.165, 1.54) is 0 Å². The Morgan fingerprint density at radius 1 is 1.33 bits per heavy atom. The number of pyridine rings is 1. The van der Waals surface area contributed by atoms with Gasteiger partial charge in [0.15, 0.2) is 11.9 Å². The van der Waals surface area contributed by atoms with Gasteiger partial charge < -0.3 is 29.4 Å². The number of H-pyrrole nitrogens is 1. The quantitative estimate of drug-likeness (QED) is 0.375. The highest BCUT2D eigenvalue weighted by molar-refractivity contribution is 5.97. The fourth-order valence-corrected chi connectivity index (χ4v) is 5.70. The number of ether oxygens (including phenoxy) is 3. The molecule has 3 atom stereocenters. The molecular formula is C31H38N6O6. The molecule has 0 aliphatic carbocycles. The number of nitrogens with one attached hydrogen (secondary N) is 2. The van der Waals surface area contributed by atoms with Crippen LogP contribution in [0.15, 0.2) is 35.3 Å². The molecule has 4 heterocycles. The molecule has 1 aromatic carbocycles. The minimum absolute atomic E-state index is 0.00836. The van der Waals surface area contributed by atoms with Gasteiger partial charge in [0.25, 0.3) is 11.5 Å². The summed E-state index contributed by atoms with van der Waals surface area (Å²) in [6.07, 6.45) is 1.67. The fraction of sp³-hybridized carbons (Fsp3) is 0.516. The van der Waals surface area contributed by atoms with Gasteiger partial charge in [0.05, 0.1) is 56.0 Å². The number of aromatic amines is 1. The molecule has 2 fully saturated rings. The van der Waals surface area contributed by atoms with Crippen LogP contribution in [0.4, 0.5) is 11.5 Å². The predicted octanol–water partition coefficient (Wildman–Crippen LogP) is 3.62. The topological polar surface area (TPSA) is 152 Å². The van der Waals surface area contributed by atoms with Crippen molar-refractivity contribution in [2.24, 2.45) is 5.92 Å². The number of anilines is 2. The number of esters is 1. The molecule has 0 bridgehead atoms. The van der Waals surface area contributed by atoms with Gasteiger partial charge in [0.1, 0.15) is 5.39 Å². The maximum Gasteiger partial charge on any atom is 0.335 e. The molecule has 12 nitrogen and oxygen atoms in total. The normalized spacial score (nSPS) is 22.4. The van der Waals surface area contributed by atoms with Crippen LogP contribution in [0.25, 0.3) is 10.9 Å². The average Bonchev–Trinajstić information content (AvgIpc) is 3.36. The van der Waals surface area contributed by atoms with Crippen molar-refractivity contribution in [3.8, 4) is 6.07 Å². The summed E-state index contributed by atoms with van der Waals surface area (Å²) in [6, 6.07) is 9.39. The molecule has 2 saturated heterocycles. The van der Waals surface area contributed by atoms with E-state index in [-0.39, 0.29) is 36.5 Å². The van der Waals surface area contributed by atoms with E-state index < -0.39 is 17.6 Å². The number of rotatable bonds is 8. The van der Waals surface area contributed by atoms with Crippen molar-refractivity contribution >= 4 is 34.3 Å². The van der Waals surface area contributed by atoms with E-state index in [4.69, 9.17) is 19.3 Å². The summed E-state index contributed by atoms with van der Waals surface area (Å²) in [7, 11) is 0. The highest BCUT2D eigenvalue weighted by Crippen LogP contribution is 2.37. The zero-order chi connectivity index (χ0) is 30.7.